The normalized spacial score (nSPS) is 10.5. The van der Waals surface area contributed by atoms with Gasteiger partial charge in [0, 0.05) is 12.1 Å². The topological polar surface area (TPSA) is 47.6 Å². The van der Waals surface area contributed by atoms with Gasteiger partial charge in [0.05, 0.1) is 19.6 Å². The Bertz CT molecular complexity index is 391. The maximum Gasteiger partial charge on any atom is 0.308 e. The molecule has 0 aliphatic carbocycles. The summed E-state index contributed by atoms with van der Waals surface area (Å²) in [7, 11) is 1.67. The number of methoxy groups -OCH3 is 1. The van der Waals surface area contributed by atoms with Gasteiger partial charge in [-0.2, -0.15) is 0 Å². The summed E-state index contributed by atoms with van der Waals surface area (Å²) in [6.07, 6.45) is 0.813. The van der Waals surface area contributed by atoms with Gasteiger partial charge in [-0.3, -0.25) is 4.79 Å². The highest BCUT2D eigenvalue weighted by Crippen LogP contribution is 2.16. The van der Waals surface area contributed by atoms with Gasteiger partial charge >= 0.3 is 5.97 Å². The van der Waals surface area contributed by atoms with Crippen molar-refractivity contribution in [1.29, 1.82) is 0 Å². The van der Waals surface area contributed by atoms with Crippen LogP contribution in [0.25, 0.3) is 0 Å². The second-order valence-electron chi connectivity index (χ2n) is 4.66. The number of para-hydroxylation sites is 1. The van der Waals surface area contributed by atoms with Crippen LogP contribution in [0.5, 0.6) is 5.75 Å². The fourth-order valence-corrected chi connectivity index (χ4v) is 1.61. The van der Waals surface area contributed by atoms with Crippen molar-refractivity contribution >= 4 is 5.97 Å². The van der Waals surface area contributed by atoms with Crippen LogP contribution in [0.15, 0.2) is 24.3 Å². The van der Waals surface area contributed by atoms with E-state index in [1.54, 1.807) is 7.11 Å². The summed E-state index contributed by atoms with van der Waals surface area (Å²) < 4.78 is 10.4. The smallest absolute Gasteiger partial charge is 0.308 e. The largest absolute Gasteiger partial charge is 0.496 e. The van der Waals surface area contributed by atoms with Crippen molar-refractivity contribution in [2.24, 2.45) is 5.92 Å². The minimum Gasteiger partial charge on any atom is -0.496 e. The average Bonchev–Trinajstić information content (AvgIpc) is 2.42. The molecule has 1 rings (SSSR count). The number of rotatable bonds is 8. The van der Waals surface area contributed by atoms with Crippen LogP contribution in [-0.2, 0) is 16.1 Å². The molecule has 1 aromatic rings. The van der Waals surface area contributed by atoms with E-state index in [4.69, 9.17) is 9.47 Å². The molecule has 0 amide bonds. The first-order valence-corrected chi connectivity index (χ1v) is 6.64. The Morgan fingerprint density at radius 3 is 2.74 bits per heavy atom. The molecule has 0 saturated heterocycles. The second-order valence-corrected chi connectivity index (χ2v) is 4.66. The first-order valence-electron chi connectivity index (χ1n) is 6.64. The van der Waals surface area contributed by atoms with Crippen molar-refractivity contribution < 1.29 is 14.3 Å². The standard InChI is InChI=1S/C15H23NO3/c1-12(2)15(17)19-10-6-9-16-11-13-7-4-5-8-14(13)18-3/h4-5,7-8,12,16H,6,9-11H2,1-3H3. The summed E-state index contributed by atoms with van der Waals surface area (Å²) in [6, 6.07) is 7.92. The van der Waals surface area contributed by atoms with Gasteiger partial charge in [-0.1, -0.05) is 32.0 Å². The zero-order valence-corrected chi connectivity index (χ0v) is 11.9. The fourth-order valence-electron chi connectivity index (χ4n) is 1.61. The van der Waals surface area contributed by atoms with Crippen LogP contribution in [0.1, 0.15) is 25.8 Å². The van der Waals surface area contributed by atoms with Crippen LogP contribution in [0.4, 0.5) is 0 Å². The zero-order chi connectivity index (χ0) is 14.1. The lowest BCUT2D eigenvalue weighted by Crippen LogP contribution is -2.19. The average molecular weight is 265 g/mol. The molecule has 0 aliphatic heterocycles. The first kappa shape index (κ1) is 15.5. The second kappa shape index (κ2) is 8.53. The van der Waals surface area contributed by atoms with Crippen LogP contribution in [0.3, 0.4) is 0 Å². The van der Waals surface area contributed by atoms with Gasteiger partial charge < -0.3 is 14.8 Å². The van der Waals surface area contributed by atoms with Crippen molar-refractivity contribution in [3.63, 3.8) is 0 Å². The number of carbonyl (C=O) groups excluding carboxylic acids is 1. The fraction of sp³-hybridized carbons (Fsp3) is 0.533. The molecular weight excluding hydrogens is 242 g/mol. The van der Waals surface area contributed by atoms with E-state index < -0.39 is 0 Å². The first-order chi connectivity index (χ1) is 9.15. The van der Waals surface area contributed by atoms with Crippen molar-refractivity contribution in [3.8, 4) is 5.75 Å². The molecule has 0 saturated carbocycles. The molecule has 19 heavy (non-hydrogen) atoms. The lowest BCUT2D eigenvalue weighted by molar-refractivity contribution is -0.147. The number of benzene rings is 1. The van der Waals surface area contributed by atoms with Gasteiger partial charge in [0.25, 0.3) is 0 Å². The van der Waals surface area contributed by atoms with Gasteiger partial charge in [0.1, 0.15) is 5.75 Å². The maximum absolute atomic E-state index is 11.2. The maximum atomic E-state index is 11.2. The number of esters is 1. The molecule has 0 unspecified atom stereocenters. The summed E-state index contributed by atoms with van der Waals surface area (Å²) in [4.78, 5) is 11.2. The van der Waals surface area contributed by atoms with Gasteiger partial charge in [0.2, 0.25) is 0 Å². The summed E-state index contributed by atoms with van der Waals surface area (Å²) >= 11 is 0. The highest BCUT2D eigenvalue weighted by molar-refractivity contribution is 5.71. The predicted octanol–water partition coefficient (Wildman–Crippen LogP) is 2.37. The third-order valence-electron chi connectivity index (χ3n) is 2.72. The molecule has 4 heteroatoms. The Kier molecular flexibility index (Phi) is 6.97. The van der Waals surface area contributed by atoms with Crippen molar-refractivity contribution in [2.75, 3.05) is 20.3 Å². The molecular formula is C15H23NO3. The highest BCUT2D eigenvalue weighted by atomic mass is 16.5. The summed E-state index contributed by atoms with van der Waals surface area (Å²) in [6.45, 7) is 5.70. The Morgan fingerprint density at radius 1 is 1.32 bits per heavy atom. The Labute approximate surface area is 115 Å². The van der Waals surface area contributed by atoms with E-state index in [9.17, 15) is 4.79 Å². The van der Waals surface area contributed by atoms with Crippen molar-refractivity contribution in [3.05, 3.63) is 29.8 Å². The molecule has 0 atom stereocenters. The number of hydrogen-bond acceptors (Lipinski definition) is 4. The predicted molar refractivity (Wildman–Crippen MR) is 75.1 cm³/mol. The third-order valence-corrected chi connectivity index (χ3v) is 2.72. The van der Waals surface area contributed by atoms with Crippen LogP contribution in [0, 0.1) is 5.92 Å². The third kappa shape index (κ3) is 5.75. The van der Waals surface area contributed by atoms with Crippen LogP contribution >= 0.6 is 0 Å². The van der Waals surface area contributed by atoms with E-state index in [-0.39, 0.29) is 11.9 Å². The number of nitrogens with one attached hydrogen (secondary N) is 1. The van der Waals surface area contributed by atoms with Crippen LogP contribution in [0.2, 0.25) is 0 Å². The molecule has 0 spiro atoms. The van der Waals surface area contributed by atoms with Crippen molar-refractivity contribution in [2.45, 2.75) is 26.8 Å². The molecule has 0 aliphatic rings. The Hall–Kier alpha value is -1.55. The molecule has 0 aromatic heterocycles. The molecule has 0 fully saturated rings. The van der Waals surface area contributed by atoms with Gasteiger partial charge in [0.15, 0.2) is 0 Å². The van der Waals surface area contributed by atoms with Crippen LogP contribution in [-0.4, -0.2) is 26.2 Å². The summed E-state index contributed by atoms with van der Waals surface area (Å²) in [5, 5.41) is 3.31. The van der Waals surface area contributed by atoms with E-state index in [0.717, 1.165) is 30.8 Å². The van der Waals surface area contributed by atoms with Gasteiger partial charge in [-0.05, 0) is 19.0 Å². The Morgan fingerprint density at radius 2 is 2.05 bits per heavy atom. The van der Waals surface area contributed by atoms with Crippen LogP contribution < -0.4 is 10.1 Å². The quantitative estimate of drug-likeness (QED) is 0.579. The van der Waals surface area contributed by atoms with E-state index in [2.05, 4.69) is 5.32 Å². The molecule has 0 radical (unpaired) electrons. The number of hydrogen-bond donors (Lipinski definition) is 1. The summed E-state index contributed by atoms with van der Waals surface area (Å²) in [5.41, 5.74) is 1.13. The Balaban J connectivity index is 2.16. The van der Waals surface area contributed by atoms with E-state index >= 15 is 0 Å². The van der Waals surface area contributed by atoms with E-state index in [1.165, 1.54) is 0 Å². The molecule has 1 N–H and O–H groups in total. The molecule has 0 heterocycles. The number of ether oxygens (including phenoxy) is 2. The number of carbonyl (C=O) groups is 1. The monoisotopic (exact) mass is 265 g/mol. The lowest BCUT2D eigenvalue weighted by atomic mass is 10.2. The lowest BCUT2D eigenvalue weighted by Gasteiger charge is -2.10. The molecule has 106 valence electrons. The minimum absolute atomic E-state index is 0.0541. The molecule has 1 aromatic carbocycles. The van der Waals surface area contributed by atoms with Gasteiger partial charge in [-0.15, -0.1) is 0 Å². The summed E-state index contributed by atoms with van der Waals surface area (Å²) in [5.74, 6) is 0.701. The van der Waals surface area contributed by atoms with E-state index in [0.29, 0.717) is 6.61 Å². The van der Waals surface area contributed by atoms with E-state index in [1.807, 2.05) is 38.1 Å². The van der Waals surface area contributed by atoms with Crippen molar-refractivity contribution in [1.82, 2.24) is 5.32 Å². The highest BCUT2D eigenvalue weighted by Gasteiger charge is 2.07. The SMILES string of the molecule is COc1ccccc1CNCCCOC(=O)C(C)C. The molecule has 4 nitrogen and oxygen atoms in total. The molecule has 0 bridgehead atoms. The van der Waals surface area contributed by atoms with Gasteiger partial charge in [-0.25, -0.2) is 0 Å². The zero-order valence-electron chi connectivity index (χ0n) is 11.9. The minimum atomic E-state index is -0.135.